The number of unbranched alkanes of at least 4 members (excludes halogenated alkanes) is 1. The number of amides is 1. The fourth-order valence-corrected chi connectivity index (χ4v) is 2.06. The number of benzene rings is 1. The lowest BCUT2D eigenvalue weighted by Crippen LogP contribution is -2.28. The van der Waals surface area contributed by atoms with Crippen LogP contribution >= 0.6 is 0 Å². The summed E-state index contributed by atoms with van der Waals surface area (Å²) in [6.07, 6.45) is 3.42. The van der Waals surface area contributed by atoms with Gasteiger partial charge in [-0.3, -0.25) is 4.79 Å². The predicted octanol–water partition coefficient (Wildman–Crippen LogP) is 3.10. The van der Waals surface area contributed by atoms with E-state index in [1.54, 1.807) is 25.1 Å². The van der Waals surface area contributed by atoms with Crippen LogP contribution in [-0.4, -0.2) is 41.5 Å². The monoisotopic (exact) mass is 314 g/mol. The number of carbonyl (C=O) groups excluding carboxylic acids is 1. The van der Waals surface area contributed by atoms with Crippen LogP contribution in [0.15, 0.2) is 36.7 Å². The quantitative estimate of drug-likeness (QED) is 0.850. The van der Waals surface area contributed by atoms with E-state index in [1.165, 1.54) is 6.33 Å². The molecule has 6 nitrogen and oxygen atoms in total. The summed E-state index contributed by atoms with van der Waals surface area (Å²) < 4.78 is 5.12. The van der Waals surface area contributed by atoms with Gasteiger partial charge in [-0.1, -0.05) is 13.3 Å². The minimum atomic E-state index is -0.0985. The summed E-state index contributed by atoms with van der Waals surface area (Å²) in [7, 11) is 3.41. The zero-order chi connectivity index (χ0) is 16.7. The molecule has 1 heterocycles. The van der Waals surface area contributed by atoms with E-state index in [0.717, 1.165) is 30.8 Å². The molecule has 1 aromatic carbocycles. The lowest BCUT2D eigenvalue weighted by Gasteiger charge is -2.16. The van der Waals surface area contributed by atoms with E-state index in [4.69, 9.17) is 4.74 Å². The standard InChI is InChI=1S/C17H22N4O2/c1-4-5-10-21(2)17(22)15-11-16(19-12-18-15)20-13-6-8-14(23-3)9-7-13/h6-9,11-12H,4-5,10H2,1-3H3,(H,18,19,20). The number of rotatable bonds is 7. The molecule has 0 saturated heterocycles. The number of nitrogens with one attached hydrogen (secondary N) is 1. The maximum Gasteiger partial charge on any atom is 0.272 e. The number of nitrogens with zero attached hydrogens (tertiary/aromatic N) is 3. The minimum absolute atomic E-state index is 0.0985. The first kappa shape index (κ1) is 16.7. The van der Waals surface area contributed by atoms with Gasteiger partial charge in [0.25, 0.3) is 5.91 Å². The topological polar surface area (TPSA) is 67.4 Å². The molecule has 0 aliphatic rings. The van der Waals surface area contributed by atoms with Crippen LogP contribution in [0.2, 0.25) is 0 Å². The van der Waals surface area contributed by atoms with Crippen molar-refractivity contribution >= 4 is 17.4 Å². The van der Waals surface area contributed by atoms with Crippen molar-refractivity contribution in [3.63, 3.8) is 0 Å². The summed E-state index contributed by atoms with van der Waals surface area (Å²) in [6.45, 7) is 2.82. The van der Waals surface area contributed by atoms with Crippen LogP contribution in [0.1, 0.15) is 30.3 Å². The molecule has 122 valence electrons. The fraction of sp³-hybridized carbons (Fsp3) is 0.353. The number of hydrogen-bond acceptors (Lipinski definition) is 5. The molecule has 0 radical (unpaired) electrons. The third kappa shape index (κ3) is 4.67. The Kier molecular flexibility index (Phi) is 5.91. The molecule has 0 unspecified atom stereocenters. The van der Waals surface area contributed by atoms with Crippen molar-refractivity contribution in [2.75, 3.05) is 26.0 Å². The number of hydrogen-bond donors (Lipinski definition) is 1. The highest BCUT2D eigenvalue weighted by molar-refractivity contribution is 5.92. The molecule has 0 atom stereocenters. The Morgan fingerprint density at radius 2 is 2.00 bits per heavy atom. The Morgan fingerprint density at radius 3 is 2.65 bits per heavy atom. The van der Waals surface area contributed by atoms with E-state index in [2.05, 4.69) is 22.2 Å². The first-order valence-electron chi connectivity index (χ1n) is 7.62. The van der Waals surface area contributed by atoms with E-state index in [1.807, 2.05) is 24.3 Å². The first-order chi connectivity index (χ1) is 11.1. The van der Waals surface area contributed by atoms with E-state index < -0.39 is 0 Å². The lowest BCUT2D eigenvalue weighted by atomic mass is 10.2. The second kappa shape index (κ2) is 8.12. The molecule has 0 saturated carbocycles. The van der Waals surface area contributed by atoms with Crippen molar-refractivity contribution < 1.29 is 9.53 Å². The molecule has 0 fully saturated rings. The molecule has 0 bridgehead atoms. The van der Waals surface area contributed by atoms with Gasteiger partial charge in [0, 0.05) is 25.3 Å². The zero-order valence-electron chi connectivity index (χ0n) is 13.7. The van der Waals surface area contributed by atoms with Gasteiger partial charge in [-0.25, -0.2) is 9.97 Å². The summed E-state index contributed by atoms with van der Waals surface area (Å²) in [5.74, 6) is 1.27. The summed E-state index contributed by atoms with van der Waals surface area (Å²) in [5.41, 5.74) is 1.25. The molecule has 23 heavy (non-hydrogen) atoms. The van der Waals surface area contributed by atoms with Gasteiger partial charge in [-0.05, 0) is 30.7 Å². The van der Waals surface area contributed by atoms with Crippen LogP contribution in [0.4, 0.5) is 11.5 Å². The molecule has 6 heteroatoms. The highest BCUT2D eigenvalue weighted by atomic mass is 16.5. The Hall–Kier alpha value is -2.63. The van der Waals surface area contributed by atoms with Crippen molar-refractivity contribution in [1.82, 2.24) is 14.9 Å². The van der Waals surface area contributed by atoms with Crippen molar-refractivity contribution in [1.29, 1.82) is 0 Å². The van der Waals surface area contributed by atoms with E-state index in [0.29, 0.717) is 11.5 Å². The summed E-state index contributed by atoms with van der Waals surface area (Å²) in [6, 6.07) is 9.14. The third-order valence-electron chi connectivity index (χ3n) is 3.44. The van der Waals surface area contributed by atoms with Gasteiger partial charge in [-0.2, -0.15) is 0 Å². The third-order valence-corrected chi connectivity index (χ3v) is 3.44. The molecular formula is C17H22N4O2. The van der Waals surface area contributed by atoms with Gasteiger partial charge in [0.05, 0.1) is 7.11 Å². The predicted molar refractivity (Wildman–Crippen MR) is 90.2 cm³/mol. The lowest BCUT2D eigenvalue weighted by molar-refractivity contribution is 0.0787. The SMILES string of the molecule is CCCCN(C)C(=O)c1cc(Nc2ccc(OC)cc2)ncn1. The van der Waals surface area contributed by atoms with Crippen molar-refractivity contribution in [3.8, 4) is 5.75 Å². The molecule has 2 rings (SSSR count). The maximum atomic E-state index is 12.3. The van der Waals surface area contributed by atoms with Crippen molar-refractivity contribution in [2.24, 2.45) is 0 Å². The molecule has 0 spiro atoms. The summed E-state index contributed by atoms with van der Waals surface area (Å²) in [4.78, 5) is 22.2. The van der Waals surface area contributed by atoms with E-state index in [9.17, 15) is 4.79 Å². The van der Waals surface area contributed by atoms with E-state index in [-0.39, 0.29) is 5.91 Å². The van der Waals surface area contributed by atoms with Crippen molar-refractivity contribution in [2.45, 2.75) is 19.8 Å². The van der Waals surface area contributed by atoms with Crippen LogP contribution in [-0.2, 0) is 0 Å². The molecule has 1 amide bonds. The van der Waals surface area contributed by atoms with Gasteiger partial charge in [0.2, 0.25) is 0 Å². The zero-order valence-corrected chi connectivity index (χ0v) is 13.7. The van der Waals surface area contributed by atoms with Crippen LogP contribution in [0, 0.1) is 0 Å². The number of carbonyl (C=O) groups is 1. The molecule has 1 aromatic heterocycles. The molecule has 2 aromatic rings. The van der Waals surface area contributed by atoms with Gasteiger partial charge in [0.1, 0.15) is 23.6 Å². The smallest absolute Gasteiger partial charge is 0.272 e. The van der Waals surface area contributed by atoms with Gasteiger partial charge >= 0.3 is 0 Å². The number of methoxy groups -OCH3 is 1. The van der Waals surface area contributed by atoms with Gasteiger partial charge in [-0.15, -0.1) is 0 Å². The van der Waals surface area contributed by atoms with Gasteiger partial charge in [0.15, 0.2) is 0 Å². The Labute approximate surface area is 136 Å². The second-order valence-corrected chi connectivity index (χ2v) is 5.22. The van der Waals surface area contributed by atoms with Crippen LogP contribution in [0.5, 0.6) is 5.75 Å². The molecule has 1 N–H and O–H groups in total. The summed E-state index contributed by atoms with van der Waals surface area (Å²) >= 11 is 0. The minimum Gasteiger partial charge on any atom is -0.497 e. The maximum absolute atomic E-state index is 12.3. The average molecular weight is 314 g/mol. The van der Waals surface area contributed by atoms with Crippen LogP contribution in [0.25, 0.3) is 0 Å². The van der Waals surface area contributed by atoms with Crippen molar-refractivity contribution in [3.05, 3.63) is 42.4 Å². The normalized spacial score (nSPS) is 10.2. The van der Waals surface area contributed by atoms with Gasteiger partial charge < -0.3 is 15.0 Å². The summed E-state index contributed by atoms with van der Waals surface area (Å²) in [5, 5.41) is 3.16. The second-order valence-electron chi connectivity index (χ2n) is 5.22. The fourth-order valence-electron chi connectivity index (χ4n) is 2.06. The first-order valence-corrected chi connectivity index (χ1v) is 7.62. The number of anilines is 2. The highest BCUT2D eigenvalue weighted by Crippen LogP contribution is 2.19. The van der Waals surface area contributed by atoms with Crippen LogP contribution < -0.4 is 10.1 Å². The largest absolute Gasteiger partial charge is 0.497 e. The molecule has 0 aliphatic carbocycles. The number of ether oxygens (including phenoxy) is 1. The Bertz CT molecular complexity index is 643. The van der Waals surface area contributed by atoms with Crippen LogP contribution in [0.3, 0.4) is 0 Å². The Balaban J connectivity index is 2.08. The number of aromatic nitrogens is 2. The molecule has 0 aliphatic heterocycles. The molecular weight excluding hydrogens is 292 g/mol. The van der Waals surface area contributed by atoms with E-state index >= 15 is 0 Å². The highest BCUT2D eigenvalue weighted by Gasteiger charge is 2.13. The average Bonchev–Trinajstić information content (AvgIpc) is 2.60. The Morgan fingerprint density at radius 1 is 1.26 bits per heavy atom.